The van der Waals surface area contributed by atoms with Gasteiger partial charge in [0.2, 0.25) is 10.0 Å². The topological polar surface area (TPSA) is 57.6 Å². The van der Waals surface area contributed by atoms with Crippen LogP contribution < -0.4 is 0 Å². The highest BCUT2D eigenvalue weighted by Gasteiger charge is 2.27. The maximum Gasteiger partial charge on any atom is 0.243 e. The van der Waals surface area contributed by atoms with Gasteiger partial charge in [-0.3, -0.25) is 0 Å². The molecule has 19 heavy (non-hydrogen) atoms. The Labute approximate surface area is 115 Å². The molecule has 0 fully saturated rings. The molecule has 1 aromatic rings. The molecular weight excluding hydrogens is 262 g/mol. The van der Waals surface area contributed by atoms with E-state index >= 15 is 0 Å². The van der Waals surface area contributed by atoms with Crippen molar-refractivity contribution in [1.82, 2.24) is 4.31 Å². The van der Waals surface area contributed by atoms with Crippen molar-refractivity contribution in [2.24, 2.45) is 0 Å². The minimum Gasteiger partial charge on any atom is -0.392 e. The number of aryl methyl sites for hydroxylation is 1. The van der Waals surface area contributed by atoms with Crippen LogP contribution in [0, 0.1) is 6.92 Å². The SMILES string of the molecule is C=CCN(C(C)C)S(=O)(=O)c1cc(CO)ccc1C. The highest BCUT2D eigenvalue weighted by atomic mass is 32.2. The number of hydrogen-bond acceptors (Lipinski definition) is 3. The first-order valence-electron chi connectivity index (χ1n) is 6.17. The molecule has 1 N–H and O–H groups in total. The average Bonchev–Trinajstić information content (AvgIpc) is 2.35. The second kappa shape index (κ2) is 6.32. The monoisotopic (exact) mass is 283 g/mol. The summed E-state index contributed by atoms with van der Waals surface area (Å²) in [6.07, 6.45) is 1.57. The normalized spacial score (nSPS) is 12.1. The molecule has 0 radical (unpaired) electrons. The molecule has 0 aliphatic heterocycles. The Bertz CT molecular complexity index is 550. The van der Waals surface area contributed by atoms with Gasteiger partial charge in [0.1, 0.15) is 0 Å². The van der Waals surface area contributed by atoms with E-state index in [1.54, 1.807) is 25.1 Å². The first-order valence-corrected chi connectivity index (χ1v) is 7.61. The van der Waals surface area contributed by atoms with Crippen LogP contribution in [0.15, 0.2) is 35.7 Å². The molecule has 0 aromatic heterocycles. The van der Waals surface area contributed by atoms with Gasteiger partial charge in [0, 0.05) is 12.6 Å². The minimum absolute atomic E-state index is 0.153. The minimum atomic E-state index is -3.57. The summed E-state index contributed by atoms with van der Waals surface area (Å²) in [6.45, 7) is 9.09. The van der Waals surface area contributed by atoms with Gasteiger partial charge >= 0.3 is 0 Å². The lowest BCUT2D eigenvalue weighted by Crippen LogP contribution is -2.37. The molecule has 0 saturated heterocycles. The Balaban J connectivity index is 3.36. The van der Waals surface area contributed by atoms with Crippen molar-refractivity contribution in [3.8, 4) is 0 Å². The van der Waals surface area contributed by atoms with Crippen LogP contribution in [-0.2, 0) is 16.6 Å². The molecule has 5 heteroatoms. The molecule has 1 rings (SSSR count). The van der Waals surface area contributed by atoms with E-state index in [-0.39, 0.29) is 24.1 Å². The van der Waals surface area contributed by atoms with E-state index in [0.717, 1.165) is 0 Å². The molecule has 0 spiro atoms. The molecule has 4 nitrogen and oxygen atoms in total. The smallest absolute Gasteiger partial charge is 0.243 e. The van der Waals surface area contributed by atoms with E-state index in [2.05, 4.69) is 6.58 Å². The van der Waals surface area contributed by atoms with Crippen molar-refractivity contribution in [3.63, 3.8) is 0 Å². The Kier molecular flexibility index (Phi) is 5.29. The van der Waals surface area contributed by atoms with Crippen LogP contribution in [0.5, 0.6) is 0 Å². The second-order valence-electron chi connectivity index (χ2n) is 4.72. The van der Waals surface area contributed by atoms with Crippen LogP contribution in [-0.4, -0.2) is 30.4 Å². The second-order valence-corrected chi connectivity index (χ2v) is 6.57. The zero-order chi connectivity index (χ0) is 14.6. The van der Waals surface area contributed by atoms with Crippen LogP contribution in [0.2, 0.25) is 0 Å². The lowest BCUT2D eigenvalue weighted by atomic mass is 10.2. The average molecular weight is 283 g/mol. The Morgan fingerprint density at radius 1 is 1.42 bits per heavy atom. The Hall–Kier alpha value is -1.17. The third-order valence-electron chi connectivity index (χ3n) is 2.91. The van der Waals surface area contributed by atoms with E-state index in [9.17, 15) is 8.42 Å². The van der Waals surface area contributed by atoms with E-state index < -0.39 is 10.0 Å². The third kappa shape index (κ3) is 3.43. The van der Waals surface area contributed by atoms with Gasteiger partial charge in [0.05, 0.1) is 11.5 Å². The molecule has 0 bridgehead atoms. The molecule has 0 aliphatic carbocycles. The van der Waals surface area contributed by atoms with Crippen molar-refractivity contribution < 1.29 is 13.5 Å². The van der Waals surface area contributed by atoms with Crippen LogP contribution in [0.1, 0.15) is 25.0 Å². The summed E-state index contributed by atoms with van der Waals surface area (Å²) in [7, 11) is -3.57. The summed E-state index contributed by atoms with van der Waals surface area (Å²) in [5.74, 6) is 0. The van der Waals surface area contributed by atoms with Gasteiger partial charge in [0.25, 0.3) is 0 Å². The summed E-state index contributed by atoms with van der Waals surface area (Å²) in [5.41, 5.74) is 1.26. The van der Waals surface area contributed by atoms with E-state index in [1.807, 2.05) is 13.8 Å². The number of sulfonamides is 1. The number of nitrogens with zero attached hydrogens (tertiary/aromatic N) is 1. The van der Waals surface area contributed by atoms with Gasteiger partial charge in [0.15, 0.2) is 0 Å². The Morgan fingerprint density at radius 2 is 2.05 bits per heavy atom. The van der Waals surface area contributed by atoms with Gasteiger partial charge in [-0.05, 0) is 38.0 Å². The molecule has 1 aromatic carbocycles. The fourth-order valence-corrected chi connectivity index (χ4v) is 3.75. The number of benzene rings is 1. The van der Waals surface area contributed by atoms with Gasteiger partial charge in [-0.1, -0.05) is 18.2 Å². The first-order chi connectivity index (χ1) is 8.84. The standard InChI is InChI=1S/C14H21NO3S/c1-5-8-15(11(2)3)19(17,18)14-9-13(10-16)7-6-12(14)4/h5-7,9,11,16H,1,8,10H2,2-4H3. The van der Waals surface area contributed by atoms with E-state index in [0.29, 0.717) is 11.1 Å². The molecule has 0 saturated carbocycles. The quantitative estimate of drug-likeness (QED) is 0.813. The Morgan fingerprint density at radius 3 is 2.53 bits per heavy atom. The number of aliphatic hydroxyl groups is 1. The lowest BCUT2D eigenvalue weighted by molar-refractivity contribution is 0.281. The third-order valence-corrected chi connectivity index (χ3v) is 5.09. The summed E-state index contributed by atoms with van der Waals surface area (Å²) in [4.78, 5) is 0.245. The zero-order valence-electron chi connectivity index (χ0n) is 11.6. The highest BCUT2D eigenvalue weighted by molar-refractivity contribution is 7.89. The largest absolute Gasteiger partial charge is 0.392 e. The van der Waals surface area contributed by atoms with Crippen molar-refractivity contribution in [1.29, 1.82) is 0 Å². The van der Waals surface area contributed by atoms with Gasteiger partial charge in [-0.2, -0.15) is 4.31 Å². The molecule has 0 amide bonds. The zero-order valence-corrected chi connectivity index (χ0v) is 12.4. The van der Waals surface area contributed by atoms with Crippen molar-refractivity contribution in [2.75, 3.05) is 6.54 Å². The number of hydrogen-bond donors (Lipinski definition) is 1. The summed E-state index contributed by atoms with van der Waals surface area (Å²) >= 11 is 0. The molecule has 0 atom stereocenters. The lowest BCUT2D eigenvalue weighted by Gasteiger charge is -2.25. The van der Waals surface area contributed by atoms with Gasteiger partial charge < -0.3 is 5.11 Å². The van der Waals surface area contributed by atoms with Crippen LogP contribution >= 0.6 is 0 Å². The van der Waals surface area contributed by atoms with Gasteiger partial charge in [-0.25, -0.2) is 8.42 Å². The van der Waals surface area contributed by atoms with Crippen molar-refractivity contribution in [2.45, 2.75) is 38.3 Å². The van der Waals surface area contributed by atoms with Crippen molar-refractivity contribution in [3.05, 3.63) is 42.0 Å². The fourth-order valence-electron chi connectivity index (χ4n) is 1.86. The summed E-state index contributed by atoms with van der Waals surface area (Å²) < 4.78 is 26.7. The predicted octanol–water partition coefficient (Wildman–Crippen LogP) is 2.07. The maximum atomic E-state index is 12.6. The molecule has 0 aliphatic rings. The van der Waals surface area contributed by atoms with Crippen LogP contribution in [0.4, 0.5) is 0 Å². The summed E-state index contributed by atoms with van der Waals surface area (Å²) in [5, 5.41) is 9.15. The maximum absolute atomic E-state index is 12.6. The van der Waals surface area contributed by atoms with Crippen LogP contribution in [0.3, 0.4) is 0 Å². The van der Waals surface area contributed by atoms with Crippen molar-refractivity contribution >= 4 is 10.0 Å². The predicted molar refractivity (Wildman–Crippen MR) is 76.3 cm³/mol. The molecule has 0 heterocycles. The molecule has 106 valence electrons. The van der Waals surface area contributed by atoms with Gasteiger partial charge in [-0.15, -0.1) is 6.58 Å². The van der Waals surface area contributed by atoms with Crippen LogP contribution in [0.25, 0.3) is 0 Å². The fraction of sp³-hybridized carbons (Fsp3) is 0.429. The van der Waals surface area contributed by atoms with E-state index in [4.69, 9.17) is 5.11 Å². The molecule has 0 unspecified atom stereocenters. The molecular formula is C14H21NO3S. The highest BCUT2D eigenvalue weighted by Crippen LogP contribution is 2.23. The number of aliphatic hydroxyl groups excluding tert-OH is 1. The first kappa shape index (κ1) is 15.9. The number of rotatable bonds is 6. The summed E-state index contributed by atoms with van der Waals surface area (Å²) in [6, 6.07) is 4.82. The van der Waals surface area contributed by atoms with E-state index in [1.165, 1.54) is 10.4 Å².